The average molecular weight is 458 g/mol. The lowest BCUT2D eigenvalue weighted by molar-refractivity contribution is -0.137. The third-order valence-electron chi connectivity index (χ3n) is 6.47. The van der Waals surface area contributed by atoms with E-state index < -0.39 is 0 Å². The van der Waals surface area contributed by atoms with Crippen LogP contribution in [0.4, 0.5) is 5.69 Å². The second-order valence-corrected chi connectivity index (χ2v) is 8.97. The molecule has 0 unspecified atom stereocenters. The summed E-state index contributed by atoms with van der Waals surface area (Å²) in [7, 11) is 0. The van der Waals surface area contributed by atoms with Crippen LogP contribution in [0, 0.1) is 5.92 Å². The van der Waals surface area contributed by atoms with E-state index in [1.807, 2.05) is 36.1 Å². The van der Waals surface area contributed by atoms with Crippen LogP contribution in [0.25, 0.3) is 0 Å². The van der Waals surface area contributed by atoms with Crippen molar-refractivity contribution in [3.63, 3.8) is 0 Å². The molecular formula is C25H32ClN3O3. The van der Waals surface area contributed by atoms with Crippen LogP contribution in [0.15, 0.2) is 42.5 Å². The molecule has 2 fully saturated rings. The summed E-state index contributed by atoms with van der Waals surface area (Å²) in [4.78, 5) is 19.8. The molecule has 0 bridgehead atoms. The number of rotatable bonds is 6. The minimum atomic E-state index is 0.0847. The number of carbonyl (C=O) groups is 1. The summed E-state index contributed by atoms with van der Waals surface area (Å²) in [5.74, 6) is 1.55. The van der Waals surface area contributed by atoms with Crippen LogP contribution in [0.3, 0.4) is 0 Å². The molecule has 32 heavy (non-hydrogen) atoms. The first-order valence-corrected chi connectivity index (χ1v) is 11.9. The van der Waals surface area contributed by atoms with Gasteiger partial charge < -0.3 is 19.6 Å². The van der Waals surface area contributed by atoms with Crippen molar-refractivity contribution < 1.29 is 14.6 Å². The van der Waals surface area contributed by atoms with E-state index in [2.05, 4.69) is 15.9 Å². The van der Waals surface area contributed by atoms with Crippen LogP contribution < -0.4 is 9.64 Å². The van der Waals surface area contributed by atoms with Crippen LogP contribution in [0.5, 0.6) is 11.5 Å². The standard InChI is InChI=1S/C25H32ClN3O3/c1-2-32-24-6-4-3-5-22(24)28-13-15-29(16-14-28)25(31)19-9-11-27(12-10-19)18-20-17-21(26)7-8-23(20)30/h3-8,17,19,30H,2,9-16,18H2,1H3. The van der Waals surface area contributed by atoms with Gasteiger partial charge in [-0.25, -0.2) is 0 Å². The van der Waals surface area contributed by atoms with Gasteiger partial charge in [-0.15, -0.1) is 0 Å². The van der Waals surface area contributed by atoms with Crippen molar-refractivity contribution in [3.8, 4) is 11.5 Å². The number of anilines is 1. The maximum Gasteiger partial charge on any atom is 0.225 e. The number of ether oxygens (including phenoxy) is 1. The zero-order valence-corrected chi connectivity index (χ0v) is 19.4. The molecule has 172 valence electrons. The molecule has 1 amide bonds. The van der Waals surface area contributed by atoms with E-state index in [9.17, 15) is 9.90 Å². The second kappa shape index (κ2) is 10.5. The molecule has 2 aliphatic heterocycles. The molecule has 1 N–H and O–H groups in total. The number of phenols is 1. The second-order valence-electron chi connectivity index (χ2n) is 8.54. The highest BCUT2D eigenvalue weighted by atomic mass is 35.5. The number of aromatic hydroxyl groups is 1. The Morgan fingerprint density at radius 3 is 2.50 bits per heavy atom. The van der Waals surface area contributed by atoms with E-state index in [-0.39, 0.29) is 17.6 Å². The van der Waals surface area contributed by atoms with Gasteiger partial charge in [0.25, 0.3) is 0 Å². The normalized spacial score (nSPS) is 18.1. The summed E-state index contributed by atoms with van der Waals surface area (Å²) in [6.07, 6.45) is 1.71. The number of halogens is 1. The largest absolute Gasteiger partial charge is 0.508 e. The predicted octanol–water partition coefficient (Wildman–Crippen LogP) is 4.01. The lowest BCUT2D eigenvalue weighted by atomic mass is 9.94. The van der Waals surface area contributed by atoms with Crippen molar-refractivity contribution in [1.82, 2.24) is 9.80 Å². The van der Waals surface area contributed by atoms with Gasteiger partial charge in [0.05, 0.1) is 12.3 Å². The molecule has 0 atom stereocenters. The van der Waals surface area contributed by atoms with Crippen molar-refractivity contribution in [2.24, 2.45) is 5.92 Å². The number of hydrogen-bond donors (Lipinski definition) is 1. The molecule has 4 rings (SSSR count). The highest BCUT2D eigenvalue weighted by Crippen LogP contribution is 2.30. The van der Waals surface area contributed by atoms with Crippen molar-refractivity contribution in [2.75, 3.05) is 50.8 Å². The third-order valence-corrected chi connectivity index (χ3v) is 6.70. The lowest BCUT2D eigenvalue weighted by Gasteiger charge is -2.39. The van der Waals surface area contributed by atoms with Crippen LogP contribution >= 0.6 is 11.6 Å². The van der Waals surface area contributed by atoms with E-state index in [1.54, 1.807) is 12.1 Å². The molecule has 6 nitrogen and oxygen atoms in total. The molecule has 2 aromatic carbocycles. The number of carbonyl (C=O) groups excluding carboxylic acids is 1. The van der Waals surface area contributed by atoms with E-state index >= 15 is 0 Å². The number of phenolic OH excluding ortho intramolecular Hbond substituents is 1. The van der Waals surface area contributed by atoms with Gasteiger partial charge >= 0.3 is 0 Å². The molecule has 2 heterocycles. The number of benzene rings is 2. The monoisotopic (exact) mass is 457 g/mol. The molecule has 2 aromatic rings. The highest BCUT2D eigenvalue weighted by Gasteiger charge is 2.31. The Bertz CT molecular complexity index is 922. The number of piperidine rings is 1. The van der Waals surface area contributed by atoms with Gasteiger partial charge in [0.15, 0.2) is 0 Å². The van der Waals surface area contributed by atoms with E-state index in [0.717, 1.165) is 69.1 Å². The Balaban J connectivity index is 1.27. The molecule has 0 radical (unpaired) electrons. The fraction of sp³-hybridized carbons (Fsp3) is 0.480. The molecule has 7 heteroatoms. The first-order valence-electron chi connectivity index (χ1n) is 11.5. The van der Waals surface area contributed by atoms with Crippen molar-refractivity contribution >= 4 is 23.2 Å². The number of piperazine rings is 1. The summed E-state index contributed by atoms with van der Waals surface area (Å²) in [6, 6.07) is 13.3. The number of likely N-dealkylation sites (tertiary alicyclic amines) is 1. The van der Waals surface area contributed by atoms with Crippen molar-refractivity contribution in [2.45, 2.75) is 26.3 Å². The number of nitrogens with zero attached hydrogens (tertiary/aromatic N) is 3. The third kappa shape index (κ3) is 5.30. The topological polar surface area (TPSA) is 56.2 Å². The first kappa shape index (κ1) is 22.7. The Morgan fingerprint density at radius 2 is 1.78 bits per heavy atom. The van der Waals surface area contributed by atoms with Gasteiger partial charge in [0.1, 0.15) is 11.5 Å². The quantitative estimate of drug-likeness (QED) is 0.710. The van der Waals surface area contributed by atoms with E-state index in [1.165, 1.54) is 0 Å². The summed E-state index contributed by atoms with van der Waals surface area (Å²) in [5.41, 5.74) is 1.95. The number of hydrogen-bond acceptors (Lipinski definition) is 5. The molecular weight excluding hydrogens is 426 g/mol. The Hall–Kier alpha value is -2.44. The van der Waals surface area contributed by atoms with Gasteiger partial charge in [-0.1, -0.05) is 23.7 Å². The SMILES string of the molecule is CCOc1ccccc1N1CCN(C(=O)C2CCN(Cc3cc(Cl)ccc3O)CC2)CC1. The number of para-hydroxylation sites is 2. The fourth-order valence-corrected chi connectivity index (χ4v) is 4.88. The maximum atomic E-state index is 13.1. The first-order chi connectivity index (χ1) is 15.5. The minimum absolute atomic E-state index is 0.0847. The predicted molar refractivity (Wildman–Crippen MR) is 128 cm³/mol. The van der Waals surface area contributed by atoms with E-state index in [4.69, 9.17) is 16.3 Å². The van der Waals surface area contributed by atoms with Gasteiger partial charge in [-0.3, -0.25) is 9.69 Å². The Morgan fingerprint density at radius 1 is 1.06 bits per heavy atom. The highest BCUT2D eigenvalue weighted by molar-refractivity contribution is 6.30. The lowest BCUT2D eigenvalue weighted by Crippen LogP contribution is -2.51. The van der Waals surface area contributed by atoms with E-state index in [0.29, 0.717) is 18.2 Å². The molecule has 2 saturated heterocycles. The number of amides is 1. The molecule has 0 saturated carbocycles. The zero-order chi connectivity index (χ0) is 22.5. The van der Waals surface area contributed by atoms with Gasteiger partial charge in [-0.2, -0.15) is 0 Å². The summed E-state index contributed by atoms with van der Waals surface area (Å²) < 4.78 is 5.78. The van der Waals surface area contributed by atoms with Crippen molar-refractivity contribution in [1.29, 1.82) is 0 Å². The molecule has 0 aromatic heterocycles. The van der Waals surface area contributed by atoms with Gasteiger partial charge in [0, 0.05) is 49.2 Å². The maximum absolute atomic E-state index is 13.1. The smallest absolute Gasteiger partial charge is 0.225 e. The van der Waals surface area contributed by atoms with Crippen LogP contribution in [0.2, 0.25) is 5.02 Å². The van der Waals surface area contributed by atoms with Crippen LogP contribution in [0.1, 0.15) is 25.3 Å². The summed E-state index contributed by atoms with van der Waals surface area (Å²) in [5, 5.41) is 10.7. The minimum Gasteiger partial charge on any atom is -0.508 e. The summed E-state index contributed by atoms with van der Waals surface area (Å²) in [6.45, 7) is 8.14. The zero-order valence-electron chi connectivity index (χ0n) is 18.7. The molecule has 2 aliphatic rings. The molecule has 0 aliphatic carbocycles. The van der Waals surface area contributed by atoms with Crippen LogP contribution in [-0.2, 0) is 11.3 Å². The average Bonchev–Trinajstić information content (AvgIpc) is 2.82. The Labute approximate surface area is 195 Å². The van der Waals surface area contributed by atoms with Crippen LogP contribution in [-0.4, -0.2) is 66.7 Å². The Kier molecular flexibility index (Phi) is 7.43. The summed E-state index contributed by atoms with van der Waals surface area (Å²) >= 11 is 6.07. The molecule has 0 spiro atoms. The van der Waals surface area contributed by atoms with Gasteiger partial charge in [0.2, 0.25) is 5.91 Å². The fourth-order valence-electron chi connectivity index (χ4n) is 4.68. The van der Waals surface area contributed by atoms with Gasteiger partial charge in [-0.05, 0) is 63.2 Å². The van der Waals surface area contributed by atoms with Crippen molar-refractivity contribution in [3.05, 3.63) is 53.1 Å².